The van der Waals surface area contributed by atoms with Crippen LogP contribution in [0, 0.1) is 10.1 Å². The zero-order chi connectivity index (χ0) is 29.6. The van der Waals surface area contributed by atoms with E-state index in [0.29, 0.717) is 17.7 Å². The third kappa shape index (κ3) is 9.52. The van der Waals surface area contributed by atoms with E-state index in [1.807, 2.05) is 0 Å². The van der Waals surface area contributed by atoms with E-state index >= 15 is 0 Å². The molecule has 8 heteroatoms. The molecule has 0 spiro atoms. The molecule has 0 radical (unpaired) electrons. The molecule has 0 bridgehead atoms. The van der Waals surface area contributed by atoms with Crippen molar-refractivity contribution in [2.75, 3.05) is 6.54 Å². The fraction of sp³-hybridized carbons (Fsp3) is 0.515. The van der Waals surface area contributed by atoms with E-state index < -0.39 is 22.7 Å². The highest BCUT2D eigenvalue weighted by Crippen LogP contribution is 2.40. The summed E-state index contributed by atoms with van der Waals surface area (Å²) in [6.45, 7) is 2.62. The maximum Gasteiger partial charge on any atom is 0.295 e. The highest BCUT2D eigenvalue weighted by atomic mass is 79.9. The lowest BCUT2D eigenvalue weighted by molar-refractivity contribution is -0.384. The number of unbranched alkanes of at least 4 members (excludes halogenated alkanes) is 13. The maximum atomic E-state index is 13.2. The summed E-state index contributed by atoms with van der Waals surface area (Å²) >= 11 is 3.39. The van der Waals surface area contributed by atoms with Crippen LogP contribution in [0.1, 0.15) is 114 Å². The van der Waals surface area contributed by atoms with Gasteiger partial charge in [0.2, 0.25) is 0 Å². The van der Waals surface area contributed by atoms with Crippen LogP contribution in [0.25, 0.3) is 5.76 Å². The molecule has 0 aliphatic carbocycles. The first-order chi connectivity index (χ1) is 19.8. The number of non-ortho nitro benzene ring substituents is 1. The van der Waals surface area contributed by atoms with Crippen molar-refractivity contribution in [2.24, 2.45) is 0 Å². The molecule has 3 rings (SSSR count). The van der Waals surface area contributed by atoms with Crippen molar-refractivity contribution in [3.8, 4) is 0 Å². The van der Waals surface area contributed by atoms with Crippen molar-refractivity contribution >= 4 is 39.1 Å². The number of benzene rings is 2. The number of carbonyl (C=O) groups excluding carboxylic acids is 2. The van der Waals surface area contributed by atoms with E-state index in [9.17, 15) is 24.8 Å². The van der Waals surface area contributed by atoms with Crippen LogP contribution in [0.4, 0.5) is 5.69 Å². The zero-order valence-corrected chi connectivity index (χ0v) is 25.7. The normalized spacial score (nSPS) is 16.4. The third-order valence-corrected chi connectivity index (χ3v) is 8.30. The molecule has 1 aliphatic heterocycles. The standard InChI is InChI=1S/C33H43BrN2O5/c1-2-3-4-5-6-7-8-9-10-11-12-13-14-15-23-35-30(25-19-21-28(22-20-25)36(40)41)29(32(38)33(35)39)31(37)26-17-16-18-27(34)24-26/h16-22,24,30,37H,2-15,23H2,1H3/t30-/m0/s1. The third-order valence-electron chi connectivity index (χ3n) is 7.81. The Hall–Kier alpha value is -3.00. The van der Waals surface area contributed by atoms with Gasteiger partial charge in [-0.3, -0.25) is 19.7 Å². The highest BCUT2D eigenvalue weighted by molar-refractivity contribution is 9.10. The molecule has 2 aromatic rings. The minimum absolute atomic E-state index is 0.00677. The molecule has 0 unspecified atom stereocenters. The van der Waals surface area contributed by atoms with Gasteiger partial charge in [0.1, 0.15) is 5.76 Å². The van der Waals surface area contributed by atoms with Gasteiger partial charge in [0.15, 0.2) is 0 Å². The van der Waals surface area contributed by atoms with Crippen molar-refractivity contribution in [1.82, 2.24) is 4.90 Å². The van der Waals surface area contributed by atoms with Crippen molar-refractivity contribution in [2.45, 2.75) is 103 Å². The predicted octanol–water partition coefficient (Wildman–Crippen LogP) is 9.26. The van der Waals surface area contributed by atoms with E-state index in [-0.39, 0.29) is 17.0 Å². The number of aliphatic hydroxyl groups excluding tert-OH is 1. The fourth-order valence-electron chi connectivity index (χ4n) is 5.50. The lowest BCUT2D eigenvalue weighted by atomic mass is 9.95. The second kappa shape index (κ2) is 17.1. The number of Topliss-reactive ketones (excluding diaryl/α,β-unsaturated/α-hetero) is 1. The molecule has 1 aliphatic rings. The summed E-state index contributed by atoms with van der Waals surface area (Å²) in [7, 11) is 0. The van der Waals surface area contributed by atoms with Crippen LogP contribution in [0.2, 0.25) is 0 Å². The molecule has 1 amide bonds. The molecular weight excluding hydrogens is 584 g/mol. The Balaban J connectivity index is 1.58. The Labute approximate surface area is 252 Å². The Morgan fingerprint density at radius 2 is 1.39 bits per heavy atom. The van der Waals surface area contributed by atoms with Gasteiger partial charge in [-0.25, -0.2) is 0 Å². The summed E-state index contributed by atoms with van der Waals surface area (Å²) in [5.41, 5.74) is 0.898. The number of nitrogens with zero attached hydrogens (tertiary/aromatic N) is 2. The lowest BCUT2D eigenvalue weighted by Crippen LogP contribution is -2.30. The zero-order valence-electron chi connectivity index (χ0n) is 24.2. The smallest absolute Gasteiger partial charge is 0.295 e. The summed E-state index contributed by atoms with van der Waals surface area (Å²) < 4.78 is 0.727. The number of hydrogen-bond acceptors (Lipinski definition) is 5. The molecule has 0 saturated carbocycles. The van der Waals surface area contributed by atoms with Crippen LogP contribution in [-0.2, 0) is 9.59 Å². The van der Waals surface area contributed by atoms with Crippen molar-refractivity contribution in [3.63, 3.8) is 0 Å². The number of ketones is 1. The number of nitro benzene ring substituents is 1. The first kappa shape index (κ1) is 32.5. The van der Waals surface area contributed by atoms with Gasteiger partial charge in [0, 0.05) is 28.7 Å². The van der Waals surface area contributed by atoms with Crippen LogP contribution in [-0.4, -0.2) is 33.2 Å². The van der Waals surface area contributed by atoms with E-state index in [2.05, 4.69) is 22.9 Å². The quantitative estimate of drug-likeness (QED) is 0.0443. The van der Waals surface area contributed by atoms with Crippen LogP contribution in [0.15, 0.2) is 58.6 Å². The molecule has 1 atom stereocenters. The van der Waals surface area contributed by atoms with Crippen LogP contribution >= 0.6 is 15.9 Å². The van der Waals surface area contributed by atoms with Gasteiger partial charge in [0.25, 0.3) is 17.4 Å². The lowest BCUT2D eigenvalue weighted by Gasteiger charge is -2.25. The molecule has 2 aromatic carbocycles. The Bertz CT molecular complexity index is 1190. The molecule has 1 heterocycles. The number of carbonyl (C=O) groups is 2. The topological polar surface area (TPSA) is 101 Å². The summed E-state index contributed by atoms with van der Waals surface area (Å²) in [5.74, 6) is -1.65. The Morgan fingerprint density at radius 1 is 0.854 bits per heavy atom. The van der Waals surface area contributed by atoms with Gasteiger partial charge in [-0.1, -0.05) is 118 Å². The van der Waals surface area contributed by atoms with Crippen molar-refractivity contribution in [1.29, 1.82) is 0 Å². The van der Waals surface area contributed by atoms with Gasteiger partial charge < -0.3 is 10.0 Å². The number of hydrogen-bond donors (Lipinski definition) is 1. The minimum Gasteiger partial charge on any atom is -0.507 e. The first-order valence-corrected chi connectivity index (χ1v) is 15.9. The molecule has 1 N–H and O–H groups in total. The van der Waals surface area contributed by atoms with Crippen LogP contribution < -0.4 is 0 Å². The van der Waals surface area contributed by atoms with Crippen LogP contribution in [0.3, 0.4) is 0 Å². The second-order valence-corrected chi connectivity index (χ2v) is 11.9. The number of halogens is 1. The first-order valence-electron chi connectivity index (χ1n) is 15.1. The molecular formula is C33H43BrN2O5. The maximum absolute atomic E-state index is 13.2. The fourth-order valence-corrected chi connectivity index (χ4v) is 5.90. The van der Waals surface area contributed by atoms with E-state index in [1.165, 1.54) is 81.2 Å². The monoisotopic (exact) mass is 626 g/mol. The number of rotatable bonds is 18. The molecule has 222 valence electrons. The number of nitro groups is 1. The summed E-state index contributed by atoms with van der Waals surface area (Å²) in [5, 5.41) is 22.4. The Morgan fingerprint density at radius 3 is 1.90 bits per heavy atom. The average Bonchev–Trinajstić information content (AvgIpc) is 3.22. The summed E-state index contributed by atoms with van der Waals surface area (Å²) in [6.07, 6.45) is 17.1. The largest absolute Gasteiger partial charge is 0.507 e. The number of amides is 1. The van der Waals surface area contributed by atoms with Gasteiger partial charge >= 0.3 is 0 Å². The van der Waals surface area contributed by atoms with Gasteiger partial charge in [-0.05, 0) is 36.2 Å². The summed E-state index contributed by atoms with van der Waals surface area (Å²) in [6, 6.07) is 11.9. The van der Waals surface area contributed by atoms with E-state index in [4.69, 9.17) is 0 Å². The average molecular weight is 628 g/mol. The highest BCUT2D eigenvalue weighted by Gasteiger charge is 2.45. The van der Waals surface area contributed by atoms with E-state index in [1.54, 1.807) is 36.4 Å². The molecule has 41 heavy (non-hydrogen) atoms. The molecule has 1 saturated heterocycles. The predicted molar refractivity (Wildman–Crippen MR) is 167 cm³/mol. The number of aliphatic hydroxyl groups is 1. The van der Waals surface area contributed by atoms with Crippen LogP contribution in [0.5, 0.6) is 0 Å². The molecule has 1 fully saturated rings. The molecule has 0 aromatic heterocycles. The number of likely N-dealkylation sites (tertiary alicyclic amines) is 1. The van der Waals surface area contributed by atoms with Gasteiger partial charge in [0.05, 0.1) is 16.5 Å². The minimum atomic E-state index is -0.809. The SMILES string of the molecule is CCCCCCCCCCCCCCCCN1C(=O)C(=O)C(=C(O)c2cccc(Br)c2)[C@@H]1c1ccc([N+](=O)[O-])cc1. The summed E-state index contributed by atoms with van der Waals surface area (Å²) in [4.78, 5) is 38.6. The van der Waals surface area contributed by atoms with Crippen molar-refractivity contribution in [3.05, 3.63) is 79.8 Å². The van der Waals surface area contributed by atoms with E-state index in [0.717, 1.165) is 30.2 Å². The Kier molecular flexibility index (Phi) is 13.5. The van der Waals surface area contributed by atoms with Gasteiger partial charge in [-0.15, -0.1) is 0 Å². The van der Waals surface area contributed by atoms with Gasteiger partial charge in [-0.2, -0.15) is 0 Å². The second-order valence-electron chi connectivity index (χ2n) is 10.9. The molecule has 7 nitrogen and oxygen atoms in total. The van der Waals surface area contributed by atoms with Crippen molar-refractivity contribution < 1.29 is 19.6 Å².